The van der Waals surface area contributed by atoms with Crippen LogP contribution in [0, 0.1) is 0 Å². The van der Waals surface area contributed by atoms with Crippen molar-refractivity contribution in [2.75, 3.05) is 0 Å². The Morgan fingerprint density at radius 1 is 1.67 bits per heavy atom. The van der Waals surface area contributed by atoms with E-state index in [-0.39, 0.29) is 0 Å². The molecule has 0 rings (SSSR count). The van der Waals surface area contributed by atoms with Crippen molar-refractivity contribution in [1.29, 1.82) is 0 Å². The van der Waals surface area contributed by atoms with Crippen molar-refractivity contribution in [2.45, 2.75) is 32.3 Å². The fourth-order valence-corrected chi connectivity index (χ4v) is 0.851. The number of hydrogen-bond acceptors (Lipinski definition) is 3. The van der Waals surface area contributed by atoms with Crippen molar-refractivity contribution in [3.05, 3.63) is 12.7 Å². The lowest BCUT2D eigenvalue weighted by Gasteiger charge is -2.21. The number of carbonyl (C=O) groups is 2. The first kappa shape index (κ1) is 10.9. The normalized spacial score (nSPS) is 14.5. The summed E-state index contributed by atoms with van der Waals surface area (Å²) < 4.78 is 4.83. The van der Waals surface area contributed by atoms with Gasteiger partial charge >= 0.3 is 5.97 Å². The Bertz CT molecular complexity index is 186. The van der Waals surface area contributed by atoms with Gasteiger partial charge in [-0.1, -0.05) is 6.08 Å². The number of carbonyl (C=O) groups excluding carboxylic acids is 2. The first-order chi connectivity index (χ1) is 5.54. The Kier molecular flexibility index (Phi) is 4.26. The molecule has 0 aromatic rings. The molecule has 0 radical (unpaired) electrons. The second kappa shape index (κ2) is 4.70. The van der Waals surface area contributed by atoms with E-state index in [4.69, 9.17) is 4.74 Å². The van der Waals surface area contributed by atoms with Crippen LogP contribution in [-0.2, 0) is 14.3 Å². The summed E-state index contributed by atoms with van der Waals surface area (Å²) in [5.41, 5.74) is -0.986. The van der Waals surface area contributed by atoms with Gasteiger partial charge in [-0.2, -0.15) is 0 Å². The molecule has 0 unspecified atom stereocenters. The molecule has 0 aliphatic carbocycles. The van der Waals surface area contributed by atoms with E-state index in [9.17, 15) is 9.59 Å². The number of ether oxygens (including phenoxy) is 1. The molecular weight excluding hydrogens is 156 g/mol. The summed E-state index contributed by atoms with van der Waals surface area (Å²) >= 11 is 0. The molecule has 1 atom stereocenters. The van der Waals surface area contributed by atoms with E-state index in [1.807, 2.05) is 0 Å². The highest BCUT2D eigenvalue weighted by Crippen LogP contribution is 2.15. The molecule has 0 bridgehead atoms. The Labute approximate surface area is 72.4 Å². The predicted molar refractivity (Wildman–Crippen MR) is 45.7 cm³/mol. The van der Waals surface area contributed by atoms with Crippen LogP contribution in [0.15, 0.2) is 12.7 Å². The molecule has 3 heteroatoms. The van der Waals surface area contributed by atoms with Crippen molar-refractivity contribution in [1.82, 2.24) is 0 Å². The minimum Gasteiger partial charge on any atom is -0.452 e. The van der Waals surface area contributed by atoms with Crippen molar-refractivity contribution in [3.63, 3.8) is 0 Å². The van der Waals surface area contributed by atoms with Gasteiger partial charge in [-0.25, -0.2) is 0 Å². The van der Waals surface area contributed by atoms with Crippen LogP contribution in [0.1, 0.15) is 26.7 Å². The van der Waals surface area contributed by atoms with Crippen molar-refractivity contribution < 1.29 is 14.3 Å². The second-order valence-corrected chi connectivity index (χ2v) is 2.85. The van der Waals surface area contributed by atoms with Gasteiger partial charge in [-0.15, -0.1) is 6.58 Å². The van der Waals surface area contributed by atoms with E-state index in [1.165, 1.54) is 6.92 Å². The molecule has 0 heterocycles. The van der Waals surface area contributed by atoms with Crippen LogP contribution in [0.2, 0.25) is 0 Å². The molecule has 0 aliphatic rings. The Balaban J connectivity index is 4.12. The number of rotatable bonds is 5. The minimum atomic E-state index is -0.986. The van der Waals surface area contributed by atoms with Crippen LogP contribution in [0.4, 0.5) is 0 Å². The highest BCUT2D eigenvalue weighted by Gasteiger charge is 2.25. The van der Waals surface area contributed by atoms with Gasteiger partial charge in [0.2, 0.25) is 0 Å². The van der Waals surface area contributed by atoms with Crippen LogP contribution in [-0.4, -0.2) is 17.9 Å². The monoisotopic (exact) mass is 170 g/mol. The summed E-state index contributed by atoms with van der Waals surface area (Å²) in [6, 6.07) is 0. The average molecular weight is 170 g/mol. The molecule has 0 aromatic carbocycles. The van der Waals surface area contributed by atoms with Gasteiger partial charge in [0.05, 0.1) is 0 Å². The smallest absolute Gasteiger partial charge is 0.303 e. The van der Waals surface area contributed by atoms with E-state index in [1.54, 1.807) is 13.0 Å². The van der Waals surface area contributed by atoms with E-state index >= 15 is 0 Å². The van der Waals surface area contributed by atoms with E-state index < -0.39 is 11.6 Å². The summed E-state index contributed by atoms with van der Waals surface area (Å²) in [5, 5.41) is 0. The average Bonchev–Trinajstić information content (AvgIpc) is 2.00. The summed E-state index contributed by atoms with van der Waals surface area (Å²) in [4.78, 5) is 21.1. The Hall–Kier alpha value is -1.12. The van der Waals surface area contributed by atoms with Crippen molar-refractivity contribution >= 4 is 12.3 Å². The molecule has 0 N–H and O–H groups in total. The first-order valence-corrected chi connectivity index (χ1v) is 3.81. The fourth-order valence-electron chi connectivity index (χ4n) is 0.851. The third-order valence-corrected chi connectivity index (χ3v) is 1.47. The highest BCUT2D eigenvalue weighted by atomic mass is 16.6. The van der Waals surface area contributed by atoms with Crippen LogP contribution in [0.25, 0.3) is 0 Å². The maximum atomic E-state index is 10.6. The Morgan fingerprint density at radius 3 is 2.58 bits per heavy atom. The van der Waals surface area contributed by atoms with E-state index in [0.29, 0.717) is 19.1 Å². The lowest BCUT2D eigenvalue weighted by atomic mass is 10.0. The molecule has 12 heavy (non-hydrogen) atoms. The summed E-state index contributed by atoms with van der Waals surface area (Å²) in [5.74, 6) is -0.436. The van der Waals surface area contributed by atoms with Crippen molar-refractivity contribution in [3.8, 4) is 0 Å². The largest absolute Gasteiger partial charge is 0.452 e. The SMILES string of the molecule is C=CCC[C@](C)(C=O)OC(C)=O. The molecule has 0 aliphatic heterocycles. The second-order valence-electron chi connectivity index (χ2n) is 2.85. The molecule has 0 spiro atoms. The third-order valence-electron chi connectivity index (χ3n) is 1.47. The Morgan fingerprint density at radius 2 is 2.25 bits per heavy atom. The molecule has 68 valence electrons. The quantitative estimate of drug-likeness (QED) is 0.356. The molecule has 3 nitrogen and oxygen atoms in total. The highest BCUT2D eigenvalue weighted by molar-refractivity contribution is 5.72. The maximum absolute atomic E-state index is 10.6. The van der Waals surface area contributed by atoms with Crippen LogP contribution >= 0.6 is 0 Å². The first-order valence-electron chi connectivity index (χ1n) is 3.81. The van der Waals surface area contributed by atoms with Gasteiger partial charge in [-0.3, -0.25) is 9.59 Å². The summed E-state index contributed by atoms with van der Waals surface area (Å²) in [6.07, 6.45) is 3.48. The number of hydrogen-bond donors (Lipinski definition) is 0. The fraction of sp³-hybridized carbons (Fsp3) is 0.556. The lowest BCUT2D eigenvalue weighted by Crippen LogP contribution is -2.32. The van der Waals surface area contributed by atoms with Crippen LogP contribution < -0.4 is 0 Å². The van der Waals surface area contributed by atoms with Gasteiger partial charge in [0.25, 0.3) is 0 Å². The molecular formula is C9H14O3. The summed E-state index contributed by atoms with van der Waals surface area (Å²) in [6.45, 7) is 6.40. The van der Waals surface area contributed by atoms with Crippen LogP contribution in [0.5, 0.6) is 0 Å². The van der Waals surface area contributed by atoms with Gasteiger partial charge < -0.3 is 4.74 Å². The zero-order valence-corrected chi connectivity index (χ0v) is 7.50. The topological polar surface area (TPSA) is 43.4 Å². The van der Waals surface area contributed by atoms with Crippen molar-refractivity contribution in [2.24, 2.45) is 0 Å². The number of allylic oxidation sites excluding steroid dienone is 1. The van der Waals surface area contributed by atoms with E-state index in [2.05, 4.69) is 6.58 Å². The number of esters is 1. The van der Waals surface area contributed by atoms with Crippen LogP contribution in [0.3, 0.4) is 0 Å². The maximum Gasteiger partial charge on any atom is 0.303 e. The van der Waals surface area contributed by atoms with Gasteiger partial charge in [-0.05, 0) is 19.8 Å². The zero-order valence-electron chi connectivity index (χ0n) is 7.50. The molecule has 0 aromatic heterocycles. The van der Waals surface area contributed by atoms with Gasteiger partial charge in [0.15, 0.2) is 11.9 Å². The van der Waals surface area contributed by atoms with Gasteiger partial charge in [0.1, 0.15) is 0 Å². The van der Waals surface area contributed by atoms with E-state index in [0.717, 1.165) is 0 Å². The predicted octanol–water partition coefficient (Wildman–Crippen LogP) is 1.47. The summed E-state index contributed by atoms with van der Waals surface area (Å²) in [7, 11) is 0. The zero-order chi connectivity index (χ0) is 9.61. The lowest BCUT2D eigenvalue weighted by molar-refractivity contribution is -0.159. The molecule has 0 saturated heterocycles. The molecule has 0 fully saturated rings. The molecule has 0 amide bonds. The molecule has 0 saturated carbocycles. The third kappa shape index (κ3) is 3.91. The van der Waals surface area contributed by atoms with Gasteiger partial charge in [0, 0.05) is 6.92 Å². The standard InChI is InChI=1S/C9H14O3/c1-4-5-6-9(3,7-10)12-8(2)11/h4,7H,1,5-6H2,2-3H3/t9-/m1/s1. The minimum absolute atomic E-state index is 0.436. The number of aldehydes is 1.